The molecule has 1 fully saturated rings. The van der Waals surface area contributed by atoms with Gasteiger partial charge in [0.05, 0.1) is 5.56 Å². The molecule has 2 aliphatic carbocycles. The van der Waals surface area contributed by atoms with E-state index >= 15 is 0 Å². The van der Waals surface area contributed by atoms with Gasteiger partial charge in [0.1, 0.15) is 18.2 Å². The summed E-state index contributed by atoms with van der Waals surface area (Å²) in [6.45, 7) is 11.9. The largest absolute Gasteiger partial charge is 0.454 e. The van der Waals surface area contributed by atoms with Crippen molar-refractivity contribution >= 4 is 32.7 Å². The molecule has 2 heterocycles. The number of hydrogen-bond donors (Lipinski definition) is 0. The molecule has 0 unspecified atom stereocenters. The topological polar surface area (TPSA) is 17.0 Å². The highest BCUT2D eigenvalue weighted by atomic mass is 16.3. The van der Waals surface area contributed by atoms with Crippen LogP contribution in [0.5, 0.6) is 0 Å². The Labute approximate surface area is 233 Å². The predicted octanol–water partition coefficient (Wildman–Crippen LogP) is 9.62. The molecule has 0 aliphatic heterocycles. The van der Waals surface area contributed by atoms with E-state index in [0.29, 0.717) is 0 Å². The van der Waals surface area contributed by atoms with Crippen molar-refractivity contribution in [3.8, 4) is 11.3 Å². The summed E-state index contributed by atoms with van der Waals surface area (Å²) in [7, 11) is 2.17. The first-order valence-electron chi connectivity index (χ1n) is 15.1. The van der Waals surface area contributed by atoms with Crippen molar-refractivity contribution in [2.45, 2.75) is 90.4 Å². The maximum atomic E-state index is 7.07. The molecule has 0 spiro atoms. The number of hydrogen-bond acceptors (Lipinski definition) is 1. The van der Waals surface area contributed by atoms with Gasteiger partial charge in [0.25, 0.3) is 0 Å². The Morgan fingerprint density at radius 3 is 2.33 bits per heavy atom. The zero-order chi connectivity index (χ0) is 27.1. The average molecular weight is 517 g/mol. The maximum Gasteiger partial charge on any atom is 0.216 e. The molecule has 7 rings (SSSR count). The number of benzene rings is 3. The minimum Gasteiger partial charge on any atom is -0.454 e. The Bertz CT molecular complexity index is 1760. The number of pyridine rings is 1. The van der Waals surface area contributed by atoms with E-state index in [1.54, 1.807) is 0 Å². The summed E-state index contributed by atoms with van der Waals surface area (Å²) in [4.78, 5) is 0. The van der Waals surface area contributed by atoms with E-state index in [4.69, 9.17) is 4.42 Å². The van der Waals surface area contributed by atoms with E-state index in [9.17, 15) is 0 Å². The second-order valence-corrected chi connectivity index (χ2v) is 13.9. The average Bonchev–Trinajstić information content (AvgIpc) is 3.55. The van der Waals surface area contributed by atoms with Gasteiger partial charge in [-0.1, -0.05) is 83.7 Å². The lowest BCUT2D eigenvalue weighted by Gasteiger charge is -2.42. The Hall–Kier alpha value is -3.13. The number of fused-ring (bicyclic) bond motifs is 7. The van der Waals surface area contributed by atoms with Crippen LogP contribution in [0.25, 0.3) is 44.0 Å². The summed E-state index contributed by atoms with van der Waals surface area (Å²) in [5, 5.41) is 5.06. The molecule has 2 heteroatoms. The second kappa shape index (κ2) is 8.68. The number of furan rings is 1. The van der Waals surface area contributed by atoms with Crippen LogP contribution >= 0.6 is 0 Å². The molecule has 2 aliphatic rings. The van der Waals surface area contributed by atoms with Gasteiger partial charge >= 0.3 is 0 Å². The van der Waals surface area contributed by atoms with E-state index in [2.05, 4.69) is 101 Å². The van der Waals surface area contributed by atoms with Crippen molar-refractivity contribution in [3.05, 3.63) is 77.0 Å². The van der Waals surface area contributed by atoms with Crippen molar-refractivity contribution in [2.24, 2.45) is 13.0 Å². The first kappa shape index (κ1) is 24.9. The summed E-state index contributed by atoms with van der Waals surface area (Å²) in [5.74, 6) is 0.832. The molecular formula is C37H42NO+. The van der Waals surface area contributed by atoms with Gasteiger partial charge in [-0.15, -0.1) is 0 Å². The molecule has 39 heavy (non-hydrogen) atoms. The highest BCUT2D eigenvalue weighted by Gasteiger charge is 2.39. The Kier molecular flexibility index (Phi) is 5.54. The maximum absolute atomic E-state index is 7.07. The third kappa shape index (κ3) is 3.85. The smallest absolute Gasteiger partial charge is 0.216 e. The summed E-state index contributed by atoms with van der Waals surface area (Å²) >= 11 is 0. The van der Waals surface area contributed by atoms with Crippen LogP contribution in [0.3, 0.4) is 0 Å². The van der Waals surface area contributed by atoms with Crippen molar-refractivity contribution in [2.75, 3.05) is 0 Å². The van der Waals surface area contributed by atoms with Gasteiger partial charge in [-0.2, -0.15) is 0 Å². The minimum absolute atomic E-state index is 0.109. The monoisotopic (exact) mass is 516 g/mol. The first-order valence-corrected chi connectivity index (χ1v) is 15.1. The minimum atomic E-state index is 0.109. The lowest BCUT2D eigenvalue weighted by atomic mass is 9.62. The van der Waals surface area contributed by atoms with Crippen LogP contribution in [0.1, 0.15) is 88.5 Å². The SMILES string of the molecule is Cc1ccc2c(oc3c2ccc2ccc4c(c23)C(C)(C)CCC4(C)C)c1-c1cc(CC2CCCC2)cc[n+]1C. The van der Waals surface area contributed by atoms with Gasteiger partial charge < -0.3 is 4.42 Å². The van der Waals surface area contributed by atoms with Crippen molar-refractivity contribution in [1.29, 1.82) is 0 Å². The molecular weight excluding hydrogens is 474 g/mol. The van der Waals surface area contributed by atoms with E-state index in [0.717, 1.165) is 17.1 Å². The third-order valence-corrected chi connectivity index (χ3v) is 10.2. The molecule has 1 saturated carbocycles. The first-order chi connectivity index (χ1) is 18.6. The van der Waals surface area contributed by atoms with Crippen molar-refractivity contribution in [3.63, 3.8) is 0 Å². The second-order valence-electron chi connectivity index (χ2n) is 13.9. The molecule has 0 radical (unpaired) electrons. The summed E-state index contributed by atoms with van der Waals surface area (Å²) < 4.78 is 9.35. The van der Waals surface area contributed by atoms with Gasteiger partial charge in [0, 0.05) is 28.3 Å². The van der Waals surface area contributed by atoms with Crippen LogP contribution < -0.4 is 4.57 Å². The van der Waals surface area contributed by atoms with Crippen molar-refractivity contribution < 1.29 is 8.98 Å². The highest BCUT2D eigenvalue weighted by Crippen LogP contribution is 2.51. The third-order valence-electron chi connectivity index (χ3n) is 10.2. The Morgan fingerprint density at radius 1 is 0.846 bits per heavy atom. The summed E-state index contributed by atoms with van der Waals surface area (Å²) in [6.07, 6.45) is 11.4. The number of aromatic nitrogens is 1. The fraction of sp³-hybridized carbons (Fsp3) is 0.432. The van der Waals surface area contributed by atoms with Crippen LogP contribution in [0.15, 0.2) is 59.1 Å². The molecule has 0 saturated heterocycles. The fourth-order valence-electron chi connectivity index (χ4n) is 7.81. The lowest BCUT2D eigenvalue weighted by molar-refractivity contribution is -0.660. The molecule has 2 aromatic heterocycles. The lowest BCUT2D eigenvalue weighted by Crippen LogP contribution is -2.34. The molecule has 0 atom stereocenters. The van der Waals surface area contributed by atoms with Crippen LogP contribution in [0.2, 0.25) is 0 Å². The standard InChI is InChI=1S/C37H42NO/c1-23-11-14-27-28-15-12-26-13-16-29-33(37(4,5)19-18-36(29,2)3)32(26)35(28)39-34(27)31(23)30-22-25(17-20-38(30)6)21-24-9-7-8-10-24/h11-17,20,22,24H,7-10,18-19,21H2,1-6H3/q+1. The zero-order valence-electron chi connectivity index (χ0n) is 24.6. The van der Waals surface area contributed by atoms with Crippen LogP contribution in [0, 0.1) is 12.8 Å². The van der Waals surface area contributed by atoms with Gasteiger partial charge in [-0.25, -0.2) is 4.57 Å². The van der Waals surface area contributed by atoms with Crippen LogP contribution in [-0.4, -0.2) is 0 Å². The van der Waals surface area contributed by atoms with Gasteiger partial charge in [0.15, 0.2) is 6.20 Å². The van der Waals surface area contributed by atoms with Crippen molar-refractivity contribution in [1.82, 2.24) is 0 Å². The number of aryl methyl sites for hydroxylation is 2. The zero-order valence-corrected chi connectivity index (χ0v) is 24.6. The normalized spacial score (nSPS) is 18.8. The van der Waals surface area contributed by atoms with Crippen LogP contribution in [-0.2, 0) is 24.3 Å². The van der Waals surface area contributed by atoms with Gasteiger partial charge in [0.2, 0.25) is 5.69 Å². The molecule has 5 aromatic rings. The Morgan fingerprint density at radius 2 is 1.54 bits per heavy atom. The summed E-state index contributed by atoms with van der Waals surface area (Å²) in [6, 6.07) is 18.6. The molecule has 0 amide bonds. The van der Waals surface area contributed by atoms with Gasteiger partial charge in [-0.3, -0.25) is 0 Å². The van der Waals surface area contributed by atoms with Crippen LogP contribution in [0.4, 0.5) is 0 Å². The van der Waals surface area contributed by atoms with E-state index in [1.165, 1.54) is 100 Å². The molecule has 0 N–H and O–H groups in total. The van der Waals surface area contributed by atoms with E-state index in [1.807, 2.05) is 0 Å². The van der Waals surface area contributed by atoms with E-state index in [-0.39, 0.29) is 10.8 Å². The molecule has 3 aromatic carbocycles. The predicted molar refractivity (Wildman–Crippen MR) is 164 cm³/mol. The van der Waals surface area contributed by atoms with Gasteiger partial charge in [-0.05, 0) is 76.6 Å². The fourth-order valence-corrected chi connectivity index (χ4v) is 7.81. The summed E-state index contributed by atoms with van der Waals surface area (Å²) in [5.41, 5.74) is 10.5. The molecule has 2 nitrogen and oxygen atoms in total. The highest BCUT2D eigenvalue weighted by molar-refractivity contribution is 6.18. The number of rotatable bonds is 3. The Balaban J connectivity index is 1.51. The number of nitrogens with zero attached hydrogens (tertiary/aromatic N) is 1. The van der Waals surface area contributed by atoms with E-state index < -0.39 is 0 Å². The quantitative estimate of drug-likeness (QED) is 0.218. The molecule has 0 bridgehead atoms. The molecule has 200 valence electrons.